The molecule has 0 amide bonds. The maximum absolute atomic E-state index is 11.7. The molecule has 4 nitrogen and oxygen atoms in total. The molecule has 18 heavy (non-hydrogen) atoms. The van der Waals surface area contributed by atoms with E-state index < -0.39 is 5.60 Å². The van der Waals surface area contributed by atoms with Crippen LogP contribution in [0.2, 0.25) is 0 Å². The van der Waals surface area contributed by atoms with Gasteiger partial charge < -0.3 is 14.9 Å². The summed E-state index contributed by atoms with van der Waals surface area (Å²) >= 11 is 0. The van der Waals surface area contributed by atoms with Gasteiger partial charge in [0.1, 0.15) is 5.60 Å². The lowest BCUT2D eigenvalue weighted by atomic mass is 9.82. The molecular formula is C14H24O4. The first-order valence-corrected chi connectivity index (χ1v) is 6.43. The highest BCUT2D eigenvalue weighted by atomic mass is 16.6. The zero-order chi connectivity index (χ0) is 13.8. The fourth-order valence-corrected chi connectivity index (χ4v) is 2.34. The molecule has 0 radical (unpaired) electrons. The summed E-state index contributed by atoms with van der Waals surface area (Å²) in [5, 5.41) is 18.4. The molecule has 4 heteroatoms. The van der Waals surface area contributed by atoms with Crippen molar-refractivity contribution in [1.82, 2.24) is 0 Å². The Labute approximate surface area is 109 Å². The Morgan fingerprint density at radius 3 is 2.61 bits per heavy atom. The molecule has 0 aromatic rings. The van der Waals surface area contributed by atoms with Crippen LogP contribution in [-0.2, 0) is 9.53 Å². The number of ether oxygens (including phenoxy) is 1. The Morgan fingerprint density at radius 1 is 1.44 bits per heavy atom. The molecule has 2 atom stereocenters. The molecule has 0 saturated carbocycles. The van der Waals surface area contributed by atoms with E-state index in [1.54, 1.807) is 0 Å². The molecule has 0 unspecified atom stereocenters. The number of rotatable bonds is 5. The van der Waals surface area contributed by atoms with Gasteiger partial charge in [0.05, 0.1) is 13.0 Å². The first kappa shape index (κ1) is 15.2. The molecule has 104 valence electrons. The molecule has 0 spiro atoms. The maximum Gasteiger partial charge on any atom is 0.306 e. The van der Waals surface area contributed by atoms with Gasteiger partial charge in [-0.25, -0.2) is 0 Å². The van der Waals surface area contributed by atoms with Crippen molar-refractivity contribution < 1.29 is 19.7 Å². The summed E-state index contributed by atoms with van der Waals surface area (Å²) in [6, 6.07) is 0. The van der Waals surface area contributed by atoms with Crippen LogP contribution in [0, 0.1) is 11.3 Å². The Balaban J connectivity index is 2.48. The first-order valence-electron chi connectivity index (χ1n) is 6.43. The van der Waals surface area contributed by atoms with Crippen molar-refractivity contribution in [2.24, 2.45) is 11.3 Å². The van der Waals surface area contributed by atoms with E-state index in [9.17, 15) is 9.90 Å². The van der Waals surface area contributed by atoms with Crippen molar-refractivity contribution in [3.63, 3.8) is 0 Å². The monoisotopic (exact) mass is 256 g/mol. The van der Waals surface area contributed by atoms with Gasteiger partial charge >= 0.3 is 5.97 Å². The van der Waals surface area contributed by atoms with Crippen LogP contribution >= 0.6 is 0 Å². The number of aliphatic hydroxyl groups is 2. The number of aliphatic hydroxyl groups excluding tert-OH is 2. The van der Waals surface area contributed by atoms with E-state index in [1.807, 2.05) is 32.9 Å². The largest absolute Gasteiger partial charge is 0.460 e. The third-order valence-corrected chi connectivity index (χ3v) is 3.16. The van der Waals surface area contributed by atoms with Gasteiger partial charge in [-0.3, -0.25) is 4.79 Å². The van der Waals surface area contributed by atoms with Crippen molar-refractivity contribution in [3.05, 3.63) is 12.2 Å². The quantitative estimate of drug-likeness (QED) is 0.580. The van der Waals surface area contributed by atoms with Gasteiger partial charge in [0.2, 0.25) is 0 Å². The van der Waals surface area contributed by atoms with Crippen molar-refractivity contribution in [2.75, 3.05) is 13.2 Å². The topological polar surface area (TPSA) is 66.8 Å². The van der Waals surface area contributed by atoms with Crippen LogP contribution in [0.1, 0.15) is 40.0 Å². The predicted octanol–water partition coefficient (Wildman–Crippen LogP) is 1.66. The molecule has 0 aromatic heterocycles. The standard InChI is InChI=1S/C14H24O4/c1-13(2,3)18-12(17)8-11-4-5-14(9-11,10-16)6-7-15/h4-5,11,15-16H,6-10H2,1-3H3/t11-,14+/m0/s1. The average Bonchev–Trinajstić information content (AvgIpc) is 2.60. The Bertz CT molecular complexity index is 316. The minimum Gasteiger partial charge on any atom is -0.460 e. The Hall–Kier alpha value is -0.870. The lowest BCUT2D eigenvalue weighted by Gasteiger charge is -2.25. The van der Waals surface area contributed by atoms with Gasteiger partial charge in [0, 0.05) is 12.0 Å². The van der Waals surface area contributed by atoms with Crippen LogP contribution in [0.15, 0.2) is 12.2 Å². The third kappa shape index (κ3) is 4.42. The third-order valence-electron chi connectivity index (χ3n) is 3.16. The fourth-order valence-electron chi connectivity index (χ4n) is 2.34. The van der Waals surface area contributed by atoms with Crippen molar-refractivity contribution >= 4 is 5.97 Å². The number of allylic oxidation sites excluding steroid dienone is 1. The summed E-state index contributed by atoms with van der Waals surface area (Å²) in [6.07, 6.45) is 5.45. The van der Waals surface area contributed by atoms with Crippen LogP contribution < -0.4 is 0 Å². The second-order valence-corrected chi connectivity index (χ2v) is 6.11. The van der Waals surface area contributed by atoms with E-state index in [1.165, 1.54) is 0 Å². The molecule has 0 heterocycles. The van der Waals surface area contributed by atoms with Gasteiger partial charge in [-0.1, -0.05) is 12.2 Å². The highest BCUT2D eigenvalue weighted by Gasteiger charge is 2.34. The minimum atomic E-state index is -0.460. The molecular weight excluding hydrogens is 232 g/mol. The van der Waals surface area contributed by atoms with Crippen molar-refractivity contribution in [3.8, 4) is 0 Å². The molecule has 0 saturated heterocycles. The normalized spacial score (nSPS) is 27.5. The SMILES string of the molecule is CC(C)(C)OC(=O)C[C@@H]1C=C[C@@](CO)(CCO)C1. The van der Waals surface area contributed by atoms with Gasteiger partial charge in [-0.05, 0) is 39.5 Å². The van der Waals surface area contributed by atoms with Crippen molar-refractivity contribution in [1.29, 1.82) is 0 Å². The molecule has 0 aliphatic heterocycles. The van der Waals surface area contributed by atoms with E-state index in [-0.39, 0.29) is 30.5 Å². The summed E-state index contributed by atoms with van der Waals surface area (Å²) in [4.78, 5) is 11.7. The Kier molecular flexibility index (Phi) is 4.93. The Morgan fingerprint density at radius 2 is 2.11 bits per heavy atom. The van der Waals surface area contributed by atoms with E-state index in [0.717, 1.165) is 0 Å². The van der Waals surface area contributed by atoms with Crippen LogP contribution in [0.4, 0.5) is 0 Å². The van der Waals surface area contributed by atoms with E-state index in [2.05, 4.69) is 0 Å². The average molecular weight is 256 g/mol. The number of hydrogen-bond acceptors (Lipinski definition) is 4. The zero-order valence-electron chi connectivity index (χ0n) is 11.5. The first-order chi connectivity index (χ1) is 8.30. The lowest BCUT2D eigenvalue weighted by Crippen LogP contribution is -2.26. The lowest BCUT2D eigenvalue weighted by molar-refractivity contribution is -0.155. The zero-order valence-corrected chi connectivity index (χ0v) is 11.5. The second-order valence-electron chi connectivity index (χ2n) is 6.11. The number of esters is 1. The molecule has 0 fully saturated rings. The highest BCUT2D eigenvalue weighted by Crippen LogP contribution is 2.39. The van der Waals surface area contributed by atoms with E-state index in [4.69, 9.17) is 9.84 Å². The summed E-state index contributed by atoms with van der Waals surface area (Å²) in [7, 11) is 0. The van der Waals surface area contributed by atoms with Gasteiger partial charge in [0.15, 0.2) is 0 Å². The van der Waals surface area contributed by atoms with E-state index in [0.29, 0.717) is 19.3 Å². The molecule has 0 bridgehead atoms. The van der Waals surface area contributed by atoms with Crippen LogP contribution in [-0.4, -0.2) is 35.0 Å². The second kappa shape index (κ2) is 5.85. The predicted molar refractivity (Wildman–Crippen MR) is 68.9 cm³/mol. The molecule has 1 aliphatic carbocycles. The molecule has 2 N–H and O–H groups in total. The van der Waals surface area contributed by atoms with Crippen molar-refractivity contribution in [2.45, 2.75) is 45.6 Å². The van der Waals surface area contributed by atoms with Crippen LogP contribution in [0.25, 0.3) is 0 Å². The molecule has 0 aromatic carbocycles. The highest BCUT2D eigenvalue weighted by molar-refractivity contribution is 5.70. The minimum absolute atomic E-state index is 0.00881. The summed E-state index contributed by atoms with van der Waals surface area (Å²) < 4.78 is 5.28. The maximum atomic E-state index is 11.7. The van der Waals surface area contributed by atoms with Gasteiger partial charge in [-0.2, -0.15) is 0 Å². The number of carbonyl (C=O) groups is 1. The van der Waals surface area contributed by atoms with Crippen LogP contribution in [0.3, 0.4) is 0 Å². The smallest absolute Gasteiger partial charge is 0.306 e. The van der Waals surface area contributed by atoms with Gasteiger partial charge in [0.25, 0.3) is 0 Å². The van der Waals surface area contributed by atoms with Gasteiger partial charge in [-0.15, -0.1) is 0 Å². The number of carbonyl (C=O) groups excluding carboxylic acids is 1. The molecule has 1 aliphatic rings. The van der Waals surface area contributed by atoms with E-state index >= 15 is 0 Å². The van der Waals surface area contributed by atoms with Crippen LogP contribution in [0.5, 0.6) is 0 Å². The fraction of sp³-hybridized carbons (Fsp3) is 0.786. The number of hydrogen-bond donors (Lipinski definition) is 2. The summed E-state index contributed by atoms with van der Waals surface area (Å²) in [5.41, 5.74) is -0.819. The summed E-state index contributed by atoms with van der Waals surface area (Å²) in [6.45, 7) is 5.59. The summed E-state index contributed by atoms with van der Waals surface area (Å²) in [5.74, 6) is -0.117. The molecule has 1 rings (SSSR count).